The highest BCUT2D eigenvalue weighted by Gasteiger charge is 2.24. The summed E-state index contributed by atoms with van der Waals surface area (Å²) in [5.41, 5.74) is 0.771. The number of methoxy groups -OCH3 is 2. The molecule has 0 saturated carbocycles. The van der Waals surface area contributed by atoms with E-state index in [1.165, 1.54) is 20.3 Å². The molecule has 2 aromatic carbocycles. The van der Waals surface area contributed by atoms with Crippen LogP contribution in [-0.4, -0.2) is 47.4 Å². The lowest BCUT2D eigenvalue weighted by Crippen LogP contribution is -2.37. The Morgan fingerprint density at radius 2 is 1.66 bits per heavy atom. The Morgan fingerprint density at radius 1 is 1.03 bits per heavy atom. The molecule has 29 heavy (non-hydrogen) atoms. The summed E-state index contributed by atoms with van der Waals surface area (Å²) in [6, 6.07) is 11.5. The van der Waals surface area contributed by atoms with Crippen LogP contribution >= 0.6 is 0 Å². The van der Waals surface area contributed by atoms with Crippen molar-refractivity contribution in [2.45, 2.75) is 20.0 Å². The smallest absolute Gasteiger partial charge is 0.245 e. The summed E-state index contributed by atoms with van der Waals surface area (Å²) in [7, 11) is -0.836. The second-order valence-electron chi connectivity index (χ2n) is 6.55. The van der Waals surface area contributed by atoms with Gasteiger partial charge in [-0.2, -0.15) is 0 Å². The van der Waals surface area contributed by atoms with E-state index in [2.05, 4.69) is 5.32 Å². The maximum absolute atomic E-state index is 12.5. The number of sulfonamides is 1. The van der Waals surface area contributed by atoms with Crippen LogP contribution in [-0.2, 0) is 14.8 Å². The molecular weight excluding hydrogens is 396 g/mol. The van der Waals surface area contributed by atoms with E-state index in [1.54, 1.807) is 36.4 Å². The van der Waals surface area contributed by atoms with Gasteiger partial charge in [-0.25, -0.2) is 8.42 Å². The van der Waals surface area contributed by atoms with E-state index < -0.39 is 22.5 Å². The molecule has 0 unspecified atom stereocenters. The molecule has 0 saturated heterocycles. The summed E-state index contributed by atoms with van der Waals surface area (Å²) in [5, 5.41) is 2.69. The molecule has 158 valence electrons. The van der Waals surface area contributed by atoms with E-state index >= 15 is 0 Å². The van der Waals surface area contributed by atoms with Gasteiger partial charge in [0.25, 0.3) is 0 Å². The molecule has 0 atom stereocenters. The van der Waals surface area contributed by atoms with Crippen molar-refractivity contribution in [2.75, 3.05) is 36.6 Å². The highest BCUT2D eigenvalue weighted by atomic mass is 32.2. The van der Waals surface area contributed by atoms with Crippen LogP contribution in [0.2, 0.25) is 0 Å². The Morgan fingerprint density at radius 3 is 2.17 bits per heavy atom. The summed E-state index contributed by atoms with van der Waals surface area (Å²) in [6.07, 6.45) is 1.07. The molecular formula is C20H26N2O6S. The number of carbonyl (C=O) groups excluding carboxylic acids is 1. The van der Waals surface area contributed by atoms with Crippen molar-refractivity contribution in [3.63, 3.8) is 0 Å². The molecule has 8 nitrogen and oxygen atoms in total. The fourth-order valence-electron chi connectivity index (χ4n) is 2.59. The minimum atomic E-state index is -3.75. The molecule has 0 aliphatic rings. The monoisotopic (exact) mass is 422 g/mol. The largest absolute Gasteiger partial charge is 0.497 e. The van der Waals surface area contributed by atoms with Gasteiger partial charge >= 0.3 is 0 Å². The molecule has 0 heterocycles. The van der Waals surface area contributed by atoms with Crippen molar-refractivity contribution < 1.29 is 27.4 Å². The fourth-order valence-corrected chi connectivity index (χ4v) is 3.45. The first kappa shape index (κ1) is 22.4. The Kier molecular flexibility index (Phi) is 7.33. The summed E-state index contributed by atoms with van der Waals surface area (Å²) in [4.78, 5) is 12.5. The number of rotatable bonds is 9. The molecule has 0 spiro atoms. The first-order valence-electron chi connectivity index (χ1n) is 8.90. The van der Waals surface area contributed by atoms with Crippen molar-refractivity contribution in [2.24, 2.45) is 0 Å². The number of nitrogens with one attached hydrogen (secondary N) is 1. The number of nitrogens with zero attached hydrogens (tertiary/aromatic N) is 1. The molecule has 2 rings (SSSR count). The lowest BCUT2D eigenvalue weighted by molar-refractivity contribution is -0.114. The minimum Gasteiger partial charge on any atom is -0.497 e. The molecule has 2 aromatic rings. The lowest BCUT2D eigenvalue weighted by atomic mass is 10.2. The van der Waals surface area contributed by atoms with Gasteiger partial charge in [0.15, 0.2) is 0 Å². The van der Waals surface area contributed by atoms with Gasteiger partial charge in [-0.05, 0) is 50.2 Å². The zero-order valence-electron chi connectivity index (χ0n) is 17.1. The summed E-state index contributed by atoms with van der Waals surface area (Å²) < 4.78 is 41.6. The minimum absolute atomic E-state index is 0.0400. The number of amides is 1. The summed E-state index contributed by atoms with van der Waals surface area (Å²) >= 11 is 0. The van der Waals surface area contributed by atoms with Gasteiger partial charge in [-0.3, -0.25) is 9.10 Å². The van der Waals surface area contributed by atoms with Crippen LogP contribution in [0.1, 0.15) is 13.8 Å². The molecule has 0 aliphatic heterocycles. The van der Waals surface area contributed by atoms with Crippen LogP contribution in [0.15, 0.2) is 42.5 Å². The maximum Gasteiger partial charge on any atom is 0.245 e. The van der Waals surface area contributed by atoms with Crippen LogP contribution in [0, 0.1) is 0 Å². The first-order valence-corrected chi connectivity index (χ1v) is 10.7. The number of ether oxygens (including phenoxy) is 3. The Balaban J connectivity index is 2.20. The predicted molar refractivity (Wildman–Crippen MR) is 113 cm³/mol. The van der Waals surface area contributed by atoms with Crippen LogP contribution in [0.25, 0.3) is 0 Å². The molecule has 0 aliphatic carbocycles. The molecule has 9 heteroatoms. The number of benzene rings is 2. The average Bonchev–Trinajstić information content (AvgIpc) is 2.66. The predicted octanol–water partition coefficient (Wildman–Crippen LogP) is 2.90. The van der Waals surface area contributed by atoms with Crippen LogP contribution < -0.4 is 23.8 Å². The number of anilines is 2. The summed E-state index contributed by atoms with van der Waals surface area (Å²) in [6.45, 7) is 3.43. The van der Waals surface area contributed by atoms with Gasteiger partial charge < -0.3 is 19.5 Å². The third-order valence-corrected chi connectivity index (χ3v) is 4.98. The van der Waals surface area contributed by atoms with E-state index in [0.29, 0.717) is 17.2 Å². The Labute approximate surface area is 171 Å². The highest BCUT2D eigenvalue weighted by molar-refractivity contribution is 7.92. The van der Waals surface area contributed by atoms with Gasteiger partial charge in [0.2, 0.25) is 15.9 Å². The number of hydrogen-bond donors (Lipinski definition) is 1. The third-order valence-electron chi connectivity index (χ3n) is 3.85. The molecule has 1 N–H and O–H groups in total. The number of carbonyl (C=O) groups is 1. The maximum atomic E-state index is 12.5. The molecule has 0 aromatic heterocycles. The van der Waals surface area contributed by atoms with Crippen molar-refractivity contribution in [1.82, 2.24) is 0 Å². The normalized spacial score (nSPS) is 11.1. The topological polar surface area (TPSA) is 94.2 Å². The average molecular weight is 423 g/mol. The second-order valence-corrected chi connectivity index (χ2v) is 8.45. The highest BCUT2D eigenvalue weighted by Crippen LogP contribution is 2.33. The van der Waals surface area contributed by atoms with E-state index in [4.69, 9.17) is 14.2 Å². The SMILES string of the molecule is COc1ccc(N(CC(=O)Nc2ccc(OC(C)C)cc2)S(C)(=O)=O)c(OC)c1. The van der Waals surface area contributed by atoms with E-state index in [-0.39, 0.29) is 17.5 Å². The third kappa shape index (κ3) is 6.28. The van der Waals surface area contributed by atoms with E-state index in [1.807, 2.05) is 13.8 Å². The molecule has 0 fully saturated rings. The first-order chi connectivity index (χ1) is 13.6. The summed E-state index contributed by atoms with van der Waals surface area (Å²) in [5.74, 6) is 0.967. The Bertz CT molecular complexity index is 942. The van der Waals surface area contributed by atoms with E-state index in [9.17, 15) is 13.2 Å². The van der Waals surface area contributed by atoms with Gasteiger partial charge in [0.05, 0.1) is 32.3 Å². The van der Waals surface area contributed by atoms with Gasteiger partial charge in [0, 0.05) is 11.8 Å². The van der Waals surface area contributed by atoms with Crippen LogP contribution in [0.3, 0.4) is 0 Å². The standard InChI is InChI=1S/C20H26N2O6S/c1-14(2)28-16-8-6-15(7-9-16)21-20(23)13-22(29(5,24)25)18-11-10-17(26-3)12-19(18)27-4/h6-12,14H,13H2,1-5H3,(H,21,23). The van der Waals surface area contributed by atoms with Crippen molar-refractivity contribution in [1.29, 1.82) is 0 Å². The second kappa shape index (κ2) is 9.51. The van der Waals surface area contributed by atoms with Gasteiger partial charge in [-0.1, -0.05) is 0 Å². The van der Waals surface area contributed by atoms with Crippen molar-refractivity contribution in [3.05, 3.63) is 42.5 Å². The van der Waals surface area contributed by atoms with Crippen LogP contribution in [0.4, 0.5) is 11.4 Å². The van der Waals surface area contributed by atoms with Crippen LogP contribution in [0.5, 0.6) is 17.2 Å². The van der Waals surface area contributed by atoms with Gasteiger partial charge in [-0.15, -0.1) is 0 Å². The quantitative estimate of drug-likeness (QED) is 0.668. The Hall–Kier alpha value is -2.94. The molecule has 1 amide bonds. The van der Waals surface area contributed by atoms with Crippen molar-refractivity contribution >= 4 is 27.3 Å². The van der Waals surface area contributed by atoms with Gasteiger partial charge in [0.1, 0.15) is 23.8 Å². The number of hydrogen-bond acceptors (Lipinski definition) is 6. The van der Waals surface area contributed by atoms with E-state index in [0.717, 1.165) is 10.6 Å². The zero-order chi connectivity index (χ0) is 21.6. The molecule has 0 bridgehead atoms. The zero-order valence-corrected chi connectivity index (χ0v) is 17.9. The fraction of sp³-hybridized carbons (Fsp3) is 0.350. The van der Waals surface area contributed by atoms with Crippen molar-refractivity contribution in [3.8, 4) is 17.2 Å². The molecule has 0 radical (unpaired) electrons. The lowest BCUT2D eigenvalue weighted by Gasteiger charge is -2.24.